The van der Waals surface area contributed by atoms with Crippen molar-refractivity contribution in [1.29, 1.82) is 0 Å². The number of aliphatic hydroxyl groups excluding tert-OH is 1. The van der Waals surface area contributed by atoms with Crippen LogP contribution in [0.25, 0.3) is 0 Å². The summed E-state index contributed by atoms with van der Waals surface area (Å²) in [6.07, 6.45) is -0.892. The van der Waals surface area contributed by atoms with Gasteiger partial charge in [0.15, 0.2) is 17.3 Å². The molecule has 26 heavy (non-hydrogen) atoms. The number of hydrogen-bond acceptors (Lipinski definition) is 5. The van der Waals surface area contributed by atoms with Crippen LogP contribution in [0.5, 0.6) is 5.75 Å². The van der Waals surface area contributed by atoms with Gasteiger partial charge in [-0.2, -0.15) is 0 Å². The number of benzene rings is 2. The zero-order chi connectivity index (χ0) is 19.1. The number of amides is 1. The summed E-state index contributed by atoms with van der Waals surface area (Å²) in [5.41, 5.74) is 1.33. The number of carbonyl (C=O) groups is 2. The molecule has 0 bridgehead atoms. The molecule has 3 N–H and O–H groups in total. The van der Waals surface area contributed by atoms with E-state index in [9.17, 15) is 19.1 Å². The van der Waals surface area contributed by atoms with Gasteiger partial charge in [-0.25, -0.2) is 9.18 Å². The van der Waals surface area contributed by atoms with Gasteiger partial charge >= 0.3 is 6.09 Å². The minimum Gasteiger partial charge on any atom is -0.505 e. The highest BCUT2D eigenvalue weighted by molar-refractivity contribution is 5.94. The number of ether oxygens (including phenoxy) is 1. The molecular formula is C19H20FNO5. The normalized spacial score (nSPS) is 11.7. The molecule has 0 fully saturated rings. The molecule has 2 rings (SSSR count). The number of ketones is 1. The minimum absolute atomic E-state index is 0.0856. The third kappa shape index (κ3) is 5.29. The molecule has 0 spiro atoms. The molecule has 1 atom stereocenters. The van der Waals surface area contributed by atoms with Crippen molar-refractivity contribution in [3.63, 3.8) is 0 Å². The van der Waals surface area contributed by atoms with E-state index in [4.69, 9.17) is 9.84 Å². The van der Waals surface area contributed by atoms with Crippen molar-refractivity contribution in [2.24, 2.45) is 0 Å². The summed E-state index contributed by atoms with van der Waals surface area (Å²) in [6.45, 7) is 1.34. The van der Waals surface area contributed by atoms with Crippen LogP contribution in [-0.2, 0) is 4.74 Å². The Bertz CT molecular complexity index is 776. The summed E-state index contributed by atoms with van der Waals surface area (Å²) in [4.78, 5) is 23.4. The number of rotatable bonds is 7. The van der Waals surface area contributed by atoms with Gasteiger partial charge in [-0.05, 0) is 61.7 Å². The molecule has 0 aliphatic rings. The Morgan fingerprint density at radius 3 is 2.46 bits per heavy atom. The predicted molar refractivity (Wildman–Crippen MR) is 93.7 cm³/mol. The van der Waals surface area contributed by atoms with E-state index in [2.05, 4.69) is 5.32 Å². The molecule has 0 unspecified atom stereocenters. The highest BCUT2D eigenvalue weighted by Gasteiger charge is 2.18. The standard InChI is InChI=1S/C19H20FNO5/c1-12(23)13-4-7-15(8-5-13)21-19(25)26-18(3-2-10-22)14-6-9-17(24)16(20)11-14/h4-9,11,18,22,24H,2-3,10H2,1H3,(H,21,25)/t18-/m1/s1. The zero-order valence-electron chi connectivity index (χ0n) is 14.2. The highest BCUT2D eigenvalue weighted by atomic mass is 19.1. The molecule has 138 valence electrons. The number of aromatic hydroxyl groups is 1. The molecule has 0 aromatic heterocycles. The smallest absolute Gasteiger partial charge is 0.412 e. The molecule has 0 heterocycles. The fraction of sp³-hybridized carbons (Fsp3) is 0.263. The second-order valence-corrected chi connectivity index (χ2v) is 5.73. The van der Waals surface area contributed by atoms with Gasteiger partial charge in [0.1, 0.15) is 6.10 Å². The lowest BCUT2D eigenvalue weighted by Gasteiger charge is -2.19. The molecule has 0 saturated carbocycles. The first-order chi connectivity index (χ1) is 12.4. The first kappa shape index (κ1) is 19.4. The van der Waals surface area contributed by atoms with Crippen LogP contribution in [-0.4, -0.2) is 28.7 Å². The number of aliphatic hydroxyl groups is 1. The van der Waals surface area contributed by atoms with Crippen LogP contribution in [0.15, 0.2) is 42.5 Å². The quantitative estimate of drug-likeness (QED) is 0.652. The van der Waals surface area contributed by atoms with E-state index in [-0.39, 0.29) is 18.8 Å². The van der Waals surface area contributed by atoms with E-state index < -0.39 is 23.8 Å². The van der Waals surface area contributed by atoms with Crippen molar-refractivity contribution in [2.45, 2.75) is 25.9 Å². The van der Waals surface area contributed by atoms with E-state index in [1.54, 1.807) is 24.3 Å². The van der Waals surface area contributed by atoms with Crippen LogP contribution < -0.4 is 5.32 Å². The summed E-state index contributed by atoms with van der Waals surface area (Å²) < 4.78 is 18.9. The summed E-state index contributed by atoms with van der Waals surface area (Å²) in [5, 5.41) is 20.8. The molecular weight excluding hydrogens is 341 g/mol. The molecule has 2 aromatic carbocycles. The number of hydrogen-bond donors (Lipinski definition) is 3. The van der Waals surface area contributed by atoms with Crippen molar-refractivity contribution in [3.8, 4) is 5.75 Å². The lowest BCUT2D eigenvalue weighted by atomic mass is 10.0. The zero-order valence-corrected chi connectivity index (χ0v) is 14.2. The number of anilines is 1. The van der Waals surface area contributed by atoms with Gasteiger partial charge < -0.3 is 14.9 Å². The first-order valence-electron chi connectivity index (χ1n) is 8.08. The van der Waals surface area contributed by atoms with E-state index in [1.165, 1.54) is 19.1 Å². The molecule has 2 aromatic rings. The number of phenols is 1. The Labute approximate surface area is 150 Å². The second-order valence-electron chi connectivity index (χ2n) is 5.73. The maximum Gasteiger partial charge on any atom is 0.412 e. The highest BCUT2D eigenvalue weighted by Crippen LogP contribution is 2.27. The molecule has 0 radical (unpaired) electrons. The number of nitrogens with one attached hydrogen (secondary N) is 1. The first-order valence-corrected chi connectivity index (χ1v) is 8.08. The lowest BCUT2D eigenvalue weighted by Crippen LogP contribution is -2.18. The fourth-order valence-electron chi connectivity index (χ4n) is 2.36. The van der Waals surface area contributed by atoms with Gasteiger partial charge in [0.25, 0.3) is 0 Å². The van der Waals surface area contributed by atoms with E-state index >= 15 is 0 Å². The van der Waals surface area contributed by atoms with Crippen LogP contribution in [0.2, 0.25) is 0 Å². The summed E-state index contributed by atoms with van der Waals surface area (Å²) >= 11 is 0. The monoisotopic (exact) mass is 361 g/mol. The summed E-state index contributed by atoms with van der Waals surface area (Å²) in [5.74, 6) is -1.40. The Balaban J connectivity index is 2.07. The molecule has 6 nitrogen and oxygen atoms in total. The van der Waals surface area contributed by atoms with Gasteiger partial charge in [0.05, 0.1) is 0 Å². The van der Waals surface area contributed by atoms with E-state index in [0.717, 1.165) is 6.07 Å². The third-order valence-electron chi connectivity index (χ3n) is 3.76. The van der Waals surface area contributed by atoms with Gasteiger partial charge in [0.2, 0.25) is 0 Å². The largest absolute Gasteiger partial charge is 0.505 e. The number of halogens is 1. The van der Waals surface area contributed by atoms with E-state index in [0.29, 0.717) is 23.2 Å². The average Bonchev–Trinajstić information content (AvgIpc) is 2.61. The second kappa shape index (κ2) is 8.96. The summed E-state index contributed by atoms with van der Waals surface area (Å²) in [7, 11) is 0. The van der Waals surface area contributed by atoms with Gasteiger partial charge in [-0.3, -0.25) is 10.1 Å². The maximum absolute atomic E-state index is 13.6. The Kier molecular flexibility index (Phi) is 6.68. The van der Waals surface area contributed by atoms with Crippen molar-refractivity contribution < 1.29 is 28.9 Å². The Morgan fingerprint density at radius 2 is 1.88 bits per heavy atom. The van der Waals surface area contributed by atoms with Gasteiger partial charge in [-0.15, -0.1) is 0 Å². The van der Waals surface area contributed by atoms with Crippen LogP contribution >= 0.6 is 0 Å². The molecule has 0 aliphatic heterocycles. The predicted octanol–water partition coefficient (Wildman–Crippen LogP) is 3.80. The topological polar surface area (TPSA) is 95.9 Å². The maximum atomic E-state index is 13.6. The van der Waals surface area contributed by atoms with Crippen molar-refractivity contribution >= 4 is 17.6 Å². The number of carbonyl (C=O) groups excluding carboxylic acids is 2. The lowest BCUT2D eigenvalue weighted by molar-refractivity contribution is 0.0991. The van der Waals surface area contributed by atoms with Gasteiger partial charge in [0, 0.05) is 17.9 Å². The molecule has 1 amide bonds. The molecule has 7 heteroatoms. The van der Waals surface area contributed by atoms with Crippen molar-refractivity contribution in [3.05, 3.63) is 59.4 Å². The van der Waals surface area contributed by atoms with Crippen LogP contribution in [0, 0.1) is 5.82 Å². The number of phenolic OH excluding ortho intramolecular Hbond substituents is 1. The summed E-state index contributed by atoms with van der Waals surface area (Å²) in [6, 6.07) is 10.0. The van der Waals surface area contributed by atoms with E-state index in [1.807, 2.05) is 0 Å². The number of Topliss-reactive ketones (excluding diaryl/α,β-unsaturated/α-hetero) is 1. The SMILES string of the molecule is CC(=O)c1ccc(NC(=O)O[C@H](CCCO)c2ccc(O)c(F)c2)cc1. The Morgan fingerprint density at radius 1 is 1.19 bits per heavy atom. The van der Waals surface area contributed by atoms with Crippen LogP contribution in [0.4, 0.5) is 14.9 Å². The molecule has 0 saturated heterocycles. The van der Waals surface area contributed by atoms with Crippen molar-refractivity contribution in [1.82, 2.24) is 0 Å². The minimum atomic E-state index is -0.819. The van der Waals surface area contributed by atoms with Gasteiger partial charge in [-0.1, -0.05) is 6.07 Å². The molecule has 0 aliphatic carbocycles. The van der Waals surface area contributed by atoms with Crippen LogP contribution in [0.1, 0.15) is 41.8 Å². The average molecular weight is 361 g/mol. The van der Waals surface area contributed by atoms with Crippen molar-refractivity contribution in [2.75, 3.05) is 11.9 Å². The Hall–Kier alpha value is -2.93. The van der Waals surface area contributed by atoms with Crippen LogP contribution in [0.3, 0.4) is 0 Å². The fourth-order valence-corrected chi connectivity index (χ4v) is 2.36. The third-order valence-corrected chi connectivity index (χ3v) is 3.76.